The van der Waals surface area contributed by atoms with Crippen LogP contribution in [-0.2, 0) is 14.3 Å². The summed E-state index contributed by atoms with van der Waals surface area (Å²) >= 11 is 1.28. The number of amides is 2. The Morgan fingerprint density at radius 3 is 2.63 bits per heavy atom. The summed E-state index contributed by atoms with van der Waals surface area (Å²) < 4.78 is 43.0. The Labute approximate surface area is 158 Å². The lowest BCUT2D eigenvalue weighted by molar-refractivity contribution is -0.184. The highest BCUT2D eigenvalue weighted by Crippen LogP contribution is 2.37. The average Bonchev–Trinajstić information content (AvgIpc) is 3.04. The summed E-state index contributed by atoms with van der Waals surface area (Å²) in [4.78, 5) is 36.6. The second-order valence-corrected chi connectivity index (χ2v) is 7.71. The van der Waals surface area contributed by atoms with E-state index in [4.69, 9.17) is 4.74 Å². The van der Waals surface area contributed by atoms with Gasteiger partial charge < -0.3 is 15.4 Å². The summed E-state index contributed by atoms with van der Waals surface area (Å²) in [7, 11) is 0. The van der Waals surface area contributed by atoms with Gasteiger partial charge in [-0.05, 0) is 38.3 Å². The van der Waals surface area contributed by atoms with Gasteiger partial charge >= 0.3 is 12.1 Å². The quantitative estimate of drug-likeness (QED) is 0.712. The van der Waals surface area contributed by atoms with Gasteiger partial charge in [0, 0.05) is 10.9 Å². The molecule has 150 valence electrons. The fourth-order valence-corrected chi connectivity index (χ4v) is 3.66. The molecule has 1 aliphatic rings. The molecule has 1 aromatic heterocycles. The van der Waals surface area contributed by atoms with Crippen LogP contribution in [0.2, 0.25) is 0 Å². The van der Waals surface area contributed by atoms with Crippen molar-refractivity contribution in [2.75, 3.05) is 13.2 Å². The Morgan fingerprint density at radius 2 is 2.00 bits per heavy atom. The van der Waals surface area contributed by atoms with Gasteiger partial charge in [-0.3, -0.25) is 14.4 Å². The highest BCUT2D eigenvalue weighted by Gasteiger charge is 2.42. The first kappa shape index (κ1) is 21.2. The fourth-order valence-electron chi connectivity index (χ4n) is 2.88. The summed E-state index contributed by atoms with van der Waals surface area (Å²) in [6.07, 6.45) is -3.53. The molecule has 2 unspecified atom stereocenters. The largest absolute Gasteiger partial charge is 0.454 e. The van der Waals surface area contributed by atoms with E-state index in [1.165, 1.54) is 11.3 Å². The summed E-state index contributed by atoms with van der Waals surface area (Å²) in [6.45, 7) is 0.847. The highest BCUT2D eigenvalue weighted by atomic mass is 32.1. The molecular weight excluding hydrogens is 385 g/mol. The van der Waals surface area contributed by atoms with E-state index >= 15 is 0 Å². The molecule has 1 saturated carbocycles. The maximum atomic E-state index is 12.8. The molecule has 10 heteroatoms. The first-order valence-electron chi connectivity index (χ1n) is 8.51. The standard InChI is InChI=1S/C17H21F3N2O4S/c1-10-5-6-13(27-10)16(25)21-8-15(24)26-9-14(23)22-12-4-2-3-11(7-12)17(18,19)20/h5-6,11-12H,2-4,7-9H2,1H3,(H,21,25)(H,22,23). The Balaban J connectivity index is 1.67. The molecule has 0 radical (unpaired) electrons. The minimum absolute atomic E-state index is 0.0638. The third-order valence-corrected chi connectivity index (χ3v) is 5.22. The first-order valence-corrected chi connectivity index (χ1v) is 9.33. The minimum atomic E-state index is -4.27. The number of halogens is 3. The first-order chi connectivity index (χ1) is 12.6. The van der Waals surface area contributed by atoms with Gasteiger partial charge in [0.15, 0.2) is 6.61 Å². The molecule has 2 N–H and O–H groups in total. The van der Waals surface area contributed by atoms with Crippen molar-refractivity contribution in [2.45, 2.75) is 44.8 Å². The molecule has 1 aliphatic carbocycles. The van der Waals surface area contributed by atoms with E-state index in [0.717, 1.165) is 4.88 Å². The van der Waals surface area contributed by atoms with Crippen molar-refractivity contribution in [3.05, 3.63) is 21.9 Å². The van der Waals surface area contributed by atoms with Gasteiger partial charge in [-0.25, -0.2) is 0 Å². The van der Waals surface area contributed by atoms with Crippen LogP contribution in [-0.4, -0.2) is 43.2 Å². The van der Waals surface area contributed by atoms with E-state index in [0.29, 0.717) is 17.7 Å². The van der Waals surface area contributed by atoms with Crippen LogP contribution in [0.25, 0.3) is 0 Å². The van der Waals surface area contributed by atoms with Crippen molar-refractivity contribution in [2.24, 2.45) is 5.92 Å². The van der Waals surface area contributed by atoms with Gasteiger partial charge in [-0.2, -0.15) is 13.2 Å². The van der Waals surface area contributed by atoms with Crippen LogP contribution in [0, 0.1) is 12.8 Å². The number of carbonyl (C=O) groups excluding carboxylic acids is 3. The third-order valence-electron chi connectivity index (χ3n) is 4.22. The number of ether oxygens (including phenoxy) is 1. The molecule has 1 heterocycles. The Morgan fingerprint density at radius 1 is 1.26 bits per heavy atom. The van der Waals surface area contributed by atoms with Gasteiger partial charge in [-0.15, -0.1) is 11.3 Å². The van der Waals surface area contributed by atoms with E-state index in [1.54, 1.807) is 12.1 Å². The van der Waals surface area contributed by atoms with E-state index < -0.39 is 49.1 Å². The van der Waals surface area contributed by atoms with Crippen LogP contribution < -0.4 is 10.6 Å². The van der Waals surface area contributed by atoms with Gasteiger partial charge in [0.25, 0.3) is 11.8 Å². The maximum Gasteiger partial charge on any atom is 0.391 e. The molecule has 2 atom stereocenters. The number of alkyl halides is 3. The maximum absolute atomic E-state index is 12.8. The van der Waals surface area contributed by atoms with E-state index in [2.05, 4.69) is 10.6 Å². The van der Waals surface area contributed by atoms with Crippen molar-refractivity contribution in [3.63, 3.8) is 0 Å². The smallest absolute Gasteiger partial charge is 0.391 e. The molecule has 0 bridgehead atoms. The molecule has 0 saturated heterocycles. The van der Waals surface area contributed by atoms with Crippen LogP contribution in [0.5, 0.6) is 0 Å². The predicted molar refractivity (Wildman–Crippen MR) is 92.3 cm³/mol. The number of nitrogens with one attached hydrogen (secondary N) is 2. The number of hydrogen-bond acceptors (Lipinski definition) is 5. The SMILES string of the molecule is Cc1ccc(C(=O)NCC(=O)OCC(=O)NC2CCCC(C(F)(F)F)C2)s1. The minimum Gasteiger partial charge on any atom is -0.454 e. The number of hydrogen-bond donors (Lipinski definition) is 2. The van der Waals surface area contributed by atoms with E-state index in [9.17, 15) is 27.6 Å². The molecule has 2 rings (SSSR count). The van der Waals surface area contributed by atoms with Crippen LogP contribution in [0.1, 0.15) is 40.2 Å². The number of esters is 1. The molecule has 0 spiro atoms. The average molecular weight is 406 g/mol. The van der Waals surface area contributed by atoms with Crippen molar-refractivity contribution in [3.8, 4) is 0 Å². The molecule has 0 aromatic carbocycles. The third kappa shape index (κ3) is 6.85. The Bertz CT molecular complexity index is 690. The lowest BCUT2D eigenvalue weighted by atomic mass is 9.85. The molecule has 1 fully saturated rings. The Kier molecular flexibility index (Phi) is 7.23. The number of carbonyl (C=O) groups is 3. The van der Waals surface area contributed by atoms with Crippen molar-refractivity contribution < 1.29 is 32.3 Å². The van der Waals surface area contributed by atoms with Crippen LogP contribution in [0.4, 0.5) is 13.2 Å². The van der Waals surface area contributed by atoms with Gasteiger partial charge in [0.05, 0.1) is 10.8 Å². The van der Waals surface area contributed by atoms with Crippen LogP contribution in [0.3, 0.4) is 0 Å². The molecule has 1 aromatic rings. The monoisotopic (exact) mass is 406 g/mol. The summed E-state index contributed by atoms with van der Waals surface area (Å²) in [5, 5.41) is 4.85. The number of aryl methyl sites for hydroxylation is 1. The summed E-state index contributed by atoms with van der Waals surface area (Å²) in [5.74, 6) is -3.30. The second kappa shape index (κ2) is 9.20. The zero-order chi connectivity index (χ0) is 20.0. The van der Waals surface area contributed by atoms with Crippen LogP contribution >= 0.6 is 11.3 Å². The van der Waals surface area contributed by atoms with Crippen molar-refractivity contribution >= 4 is 29.1 Å². The predicted octanol–water partition coefficient (Wildman–Crippen LogP) is 2.57. The van der Waals surface area contributed by atoms with Crippen molar-refractivity contribution in [1.29, 1.82) is 0 Å². The van der Waals surface area contributed by atoms with Crippen LogP contribution in [0.15, 0.2) is 12.1 Å². The summed E-state index contributed by atoms with van der Waals surface area (Å²) in [6, 6.07) is 2.82. The fraction of sp³-hybridized carbons (Fsp3) is 0.588. The topological polar surface area (TPSA) is 84.5 Å². The molecule has 27 heavy (non-hydrogen) atoms. The lowest BCUT2D eigenvalue weighted by Gasteiger charge is -2.30. The lowest BCUT2D eigenvalue weighted by Crippen LogP contribution is -2.43. The zero-order valence-corrected chi connectivity index (χ0v) is 15.5. The number of rotatable bonds is 6. The van der Waals surface area contributed by atoms with E-state index in [-0.39, 0.29) is 12.8 Å². The number of thiophene rings is 1. The van der Waals surface area contributed by atoms with E-state index in [1.807, 2.05) is 6.92 Å². The normalized spacial score (nSPS) is 20.0. The highest BCUT2D eigenvalue weighted by molar-refractivity contribution is 7.13. The van der Waals surface area contributed by atoms with Gasteiger partial charge in [-0.1, -0.05) is 6.42 Å². The zero-order valence-electron chi connectivity index (χ0n) is 14.7. The Hall–Kier alpha value is -2.10. The summed E-state index contributed by atoms with van der Waals surface area (Å²) in [5.41, 5.74) is 0. The van der Waals surface area contributed by atoms with Gasteiger partial charge in [0.2, 0.25) is 0 Å². The van der Waals surface area contributed by atoms with Crippen molar-refractivity contribution in [1.82, 2.24) is 10.6 Å². The molecule has 6 nitrogen and oxygen atoms in total. The molecule has 0 aliphatic heterocycles. The molecular formula is C17H21F3N2O4S. The second-order valence-electron chi connectivity index (χ2n) is 6.42. The molecule has 2 amide bonds. The van der Waals surface area contributed by atoms with Gasteiger partial charge in [0.1, 0.15) is 6.54 Å².